The van der Waals surface area contributed by atoms with Crippen LogP contribution >= 0.6 is 25.3 Å². The van der Waals surface area contributed by atoms with Crippen LogP contribution in [-0.4, -0.2) is 48.9 Å². The topological polar surface area (TPSA) is 71.1 Å². The summed E-state index contributed by atoms with van der Waals surface area (Å²) in [6.07, 6.45) is 0.453. The summed E-state index contributed by atoms with van der Waals surface area (Å²) in [7, 11) is 0. The molecule has 290 valence electrons. The fraction of sp³-hybridized carbons (Fsp3) is 0.224. The van der Waals surface area contributed by atoms with Crippen molar-refractivity contribution in [1.29, 1.82) is 0 Å². The second kappa shape index (κ2) is 18.2. The van der Waals surface area contributed by atoms with Gasteiger partial charge in [0.2, 0.25) is 0 Å². The lowest BCUT2D eigenvalue weighted by Crippen LogP contribution is -2.29. The molecule has 0 amide bonds. The van der Waals surface area contributed by atoms with Gasteiger partial charge in [0.15, 0.2) is 0 Å². The predicted octanol–water partition coefficient (Wildman–Crippen LogP) is 10.6. The first-order chi connectivity index (χ1) is 27.8. The molecule has 0 N–H and O–H groups in total. The molecule has 2 unspecified atom stereocenters. The fourth-order valence-corrected chi connectivity index (χ4v) is 8.00. The van der Waals surface area contributed by atoms with Crippen LogP contribution in [0.25, 0.3) is 33.4 Å². The molecule has 0 heterocycles. The van der Waals surface area contributed by atoms with Gasteiger partial charge >= 0.3 is 11.9 Å². The van der Waals surface area contributed by atoms with Gasteiger partial charge in [0.05, 0.1) is 18.3 Å². The van der Waals surface area contributed by atoms with E-state index in [1.807, 2.05) is 50.2 Å². The Balaban J connectivity index is 1.37. The number of rotatable bonds is 16. The maximum atomic E-state index is 12.3. The highest BCUT2D eigenvalue weighted by molar-refractivity contribution is 7.81. The van der Waals surface area contributed by atoms with Gasteiger partial charge in [-0.2, -0.15) is 25.3 Å². The summed E-state index contributed by atoms with van der Waals surface area (Å²) in [5.41, 5.74) is 9.65. The normalized spacial score (nSPS) is 13.5. The van der Waals surface area contributed by atoms with Crippen LogP contribution in [0.3, 0.4) is 0 Å². The molecule has 0 aliphatic heterocycles. The van der Waals surface area contributed by atoms with Crippen molar-refractivity contribution >= 4 is 37.2 Å². The van der Waals surface area contributed by atoms with Gasteiger partial charge < -0.3 is 18.9 Å². The van der Waals surface area contributed by atoms with Gasteiger partial charge in [0, 0.05) is 21.6 Å². The summed E-state index contributed by atoms with van der Waals surface area (Å²) >= 11 is 8.67. The van der Waals surface area contributed by atoms with Crippen LogP contribution in [0.15, 0.2) is 146 Å². The lowest BCUT2D eigenvalue weighted by Gasteiger charge is -2.35. The molecule has 6 nitrogen and oxygen atoms in total. The second-order valence-corrected chi connectivity index (χ2v) is 16.0. The maximum Gasteiger partial charge on any atom is 0.307 e. The van der Waals surface area contributed by atoms with Gasteiger partial charge in [0.25, 0.3) is 0 Å². The molecule has 6 aromatic carbocycles. The summed E-state index contributed by atoms with van der Waals surface area (Å²) in [4.78, 5) is 24.7. The molecule has 57 heavy (non-hydrogen) atoms. The molecular formula is C49H46O6S2. The van der Waals surface area contributed by atoms with Crippen LogP contribution in [-0.2, 0) is 24.5 Å². The lowest BCUT2D eigenvalue weighted by atomic mass is 9.67. The molecule has 0 fully saturated rings. The Bertz CT molecular complexity index is 2160. The van der Waals surface area contributed by atoms with Gasteiger partial charge in [-0.1, -0.05) is 147 Å². The summed E-state index contributed by atoms with van der Waals surface area (Å²) < 4.78 is 24.1. The molecular weight excluding hydrogens is 749 g/mol. The first kappa shape index (κ1) is 39.8. The zero-order valence-electron chi connectivity index (χ0n) is 32.1. The molecule has 1 aliphatic carbocycles. The van der Waals surface area contributed by atoms with E-state index in [0.29, 0.717) is 11.5 Å². The molecule has 0 radical (unpaired) electrons. The largest absolute Gasteiger partial charge is 0.489 e. The number of ether oxygens (including phenoxy) is 4. The van der Waals surface area contributed by atoms with Crippen LogP contribution in [0, 0.1) is 0 Å². The molecule has 0 saturated carbocycles. The van der Waals surface area contributed by atoms with E-state index in [9.17, 15) is 9.59 Å². The number of hydrogen-bond acceptors (Lipinski definition) is 8. The summed E-state index contributed by atoms with van der Waals surface area (Å²) in [6, 6.07) is 50.3. The van der Waals surface area contributed by atoms with E-state index in [2.05, 4.69) is 134 Å². The van der Waals surface area contributed by atoms with E-state index in [4.69, 9.17) is 18.9 Å². The molecule has 7 rings (SSSR count). The number of carbonyl (C=O) groups is 2. The Labute approximate surface area is 346 Å². The smallest absolute Gasteiger partial charge is 0.307 e. The van der Waals surface area contributed by atoms with Gasteiger partial charge in [0.1, 0.15) is 37.9 Å². The molecule has 0 bridgehead atoms. The van der Waals surface area contributed by atoms with Gasteiger partial charge in [-0.15, -0.1) is 0 Å². The third-order valence-electron chi connectivity index (χ3n) is 10.1. The van der Waals surface area contributed by atoms with Crippen molar-refractivity contribution in [3.8, 4) is 44.9 Å². The number of esters is 2. The molecule has 2 atom stereocenters. The standard InChI is InChI=1S/C49H46O6S2/c1-33(56)29-47(50)54-27-25-52-45-31-37(21-23-39(45)35-13-5-3-6-14-35)49(43-19-11-9-17-41(43)42-18-10-12-20-44(42)49)38-22-24-40(36-15-7-4-8-16-36)46(32-38)53-26-28-55-48(51)30-34(2)57/h3-24,31-34,56-57H,25-30H2,1-2H3. The van der Waals surface area contributed by atoms with Crippen LogP contribution in [0.4, 0.5) is 0 Å². The molecule has 8 heteroatoms. The highest BCUT2D eigenvalue weighted by atomic mass is 32.1. The van der Waals surface area contributed by atoms with E-state index in [-0.39, 0.29) is 61.7 Å². The van der Waals surface area contributed by atoms with Crippen LogP contribution in [0.2, 0.25) is 0 Å². The van der Waals surface area contributed by atoms with Crippen LogP contribution < -0.4 is 9.47 Å². The first-order valence-corrected chi connectivity index (χ1v) is 20.3. The van der Waals surface area contributed by atoms with E-state index in [1.54, 1.807) is 0 Å². The maximum absolute atomic E-state index is 12.3. The number of thiol groups is 2. The second-order valence-electron chi connectivity index (χ2n) is 14.2. The monoisotopic (exact) mass is 794 g/mol. The average molecular weight is 795 g/mol. The molecule has 0 spiro atoms. The Morgan fingerprint density at radius 1 is 0.491 bits per heavy atom. The Kier molecular flexibility index (Phi) is 12.7. The minimum absolute atomic E-state index is 0.0923. The highest BCUT2D eigenvalue weighted by Crippen LogP contribution is 2.57. The highest BCUT2D eigenvalue weighted by Gasteiger charge is 2.46. The average Bonchev–Trinajstić information content (AvgIpc) is 3.52. The Morgan fingerprint density at radius 3 is 1.28 bits per heavy atom. The van der Waals surface area contributed by atoms with Crippen molar-refractivity contribution in [2.75, 3.05) is 26.4 Å². The zero-order chi connectivity index (χ0) is 39.8. The van der Waals surface area contributed by atoms with Crippen LogP contribution in [0.1, 0.15) is 48.9 Å². The van der Waals surface area contributed by atoms with Crippen molar-refractivity contribution in [2.45, 2.75) is 42.6 Å². The Hall–Kier alpha value is -5.44. The number of fused-ring (bicyclic) bond motifs is 3. The zero-order valence-corrected chi connectivity index (χ0v) is 33.9. The third-order valence-corrected chi connectivity index (χ3v) is 10.4. The van der Waals surface area contributed by atoms with Crippen molar-refractivity contribution in [1.82, 2.24) is 0 Å². The molecule has 1 aliphatic rings. The minimum Gasteiger partial charge on any atom is -0.489 e. The first-order valence-electron chi connectivity index (χ1n) is 19.3. The predicted molar refractivity (Wildman–Crippen MR) is 234 cm³/mol. The number of benzene rings is 6. The van der Waals surface area contributed by atoms with Crippen molar-refractivity contribution in [2.24, 2.45) is 0 Å². The minimum atomic E-state index is -0.780. The van der Waals surface area contributed by atoms with Crippen LogP contribution in [0.5, 0.6) is 11.5 Å². The number of carbonyl (C=O) groups excluding carboxylic acids is 2. The van der Waals surface area contributed by atoms with E-state index in [0.717, 1.165) is 55.6 Å². The Morgan fingerprint density at radius 2 is 0.877 bits per heavy atom. The summed E-state index contributed by atoms with van der Waals surface area (Å²) in [5.74, 6) is 0.735. The lowest BCUT2D eigenvalue weighted by molar-refractivity contribution is -0.145. The molecule has 0 saturated heterocycles. The van der Waals surface area contributed by atoms with E-state index in [1.165, 1.54) is 0 Å². The van der Waals surface area contributed by atoms with E-state index < -0.39 is 5.41 Å². The van der Waals surface area contributed by atoms with E-state index >= 15 is 0 Å². The number of hydrogen-bond donors (Lipinski definition) is 2. The van der Waals surface area contributed by atoms with Crippen molar-refractivity contribution in [3.05, 3.63) is 168 Å². The quantitative estimate of drug-likeness (QED) is 0.0577. The fourth-order valence-electron chi connectivity index (χ4n) is 7.70. The van der Waals surface area contributed by atoms with Crippen molar-refractivity contribution in [3.63, 3.8) is 0 Å². The molecule has 6 aromatic rings. The SMILES string of the molecule is CC(S)CC(=O)OCCOc1cc(C2(c3ccc(-c4ccccc4)c(OCCOC(=O)CC(C)S)c3)c3ccccc3-c3ccccc32)ccc1-c1ccccc1. The summed E-state index contributed by atoms with van der Waals surface area (Å²) in [5, 5.41) is -0.185. The van der Waals surface area contributed by atoms with Gasteiger partial charge in [-0.25, -0.2) is 0 Å². The third kappa shape index (κ3) is 8.78. The van der Waals surface area contributed by atoms with Gasteiger partial charge in [-0.3, -0.25) is 9.59 Å². The van der Waals surface area contributed by atoms with Gasteiger partial charge in [-0.05, 0) is 56.6 Å². The molecule has 0 aromatic heterocycles. The van der Waals surface area contributed by atoms with Crippen molar-refractivity contribution < 1.29 is 28.5 Å². The summed E-state index contributed by atoms with van der Waals surface area (Å²) in [6.45, 7) is 4.30.